The van der Waals surface area contributed by atoms with Crippen LogP contribution in [0.25, 0.3) is 0 Å². The van der Waals surface area contributed by atoms with Gasteiger partial charge in [-0.25, -0.2) is 8.42 Å². The first-order valence-corrected chi connectivity index (χ1v) is 11.0. The summed E-state index contributed by atoms with van der Waals surface area (Å²) in [4.78, 5) is 0. The van der Waals surface area contributed by atoms with E-state index in [2.05, 4.69) is 11.4 Å². The van der Waals surface area contributed by atoms with Gasteiger partial charge in [0.15, 0.2) is 0 Å². The number of sulfonamides is 1. The monoisotopic (exact) mass is 381 g/mol. The van der Waals surface area contributed by atoms with Crippen LogP contribution in [0.15, 0.2) is 54.6 Å². The van der Waals surface area contributed by atoms with Gasteiger partial charge in [0, 0.05) is 25.0 Å². The highest BCUT2D eigenvalue weighted by Gasteiger charge is 2.41. The summed E-state index contributed by atoms with van der Waals surface area (Å²) < 4.78 is 27.3. The van der Waals surface area contributed by atoms with E-state index in [1.807, 2.05) is 48.5 Å². The largest absolute Gasteiger partial charge is 0.379 e. The molecule has 5 nitrogen and oxygen atoms in total. The number of para-hydroxylation sites is 1. The van der Waals surface area contributed by atoms with Crippen LogP contribution in [0.4, 0.5) is 5.69 Å². The molecule has 0 unspecified atom stereocenters. The van der Waals surface area contributed by atoms with E-state index in [4.69, 9.17) is 0 Å². The molecule has 6 heteroatoms. The van der Waals surface area contributed by atoms with Gasteiger partial charge >= 0.3 is 0 Å². The third-order valence-electron chi connectivity index (χ3n) is 5.44. The van der Waals surface area contributed by atoms with E-state index in [9.17, 15) is 13.7 Å². The predicted molar refractivity (Wildman–Crippen MR) is 106 cm³/mol. The Balaban J connectivity index is 1.61. The molecular formula is C21H23N3O2S. The molecule has 2 aromatic rings. The Morgan fingerprint density at radius 2 is 1.74 bits per heavy atom. The van der Waals surface area contributed by atoms with E-state index in [1.165, 1.54) is 0 Å². The van der Waals surface area contributed by atoms with Crippen LogP contribution in [0.5, 0.6) is 0 Å². The standard InChI is InChI=1S/C21H23N3O2S/c22-12-18-8-4-5-9-20(18)23-21-14-24(27(25,26)15-16-10-11-16)13-19(21)17-6-2-1-3-7-17/h1-9,16,19,21,23H,10-11,13-15H2/t19-,21+/m1/s1. The highest BCUT2D eigenvalue weighted by atomic mass is 32.2. The number of hydrogen-bond acceptors (Lipinski definition) is 4. The van der Waals surface area contributed by atoms with Crippen molar-refractivity contribution >= 4 is 15.7 Å². The lowest BCUT2D eigenvalue weighted by Gasteiger charge is -2.22. The van der Waals surface area contributed by atoms with Gasteiger partial charge in [-0.3, -0.25) is 0 Å². The molecule has 140 valence electrons. The predicted octanol–water partition coefficient (Wildman–Crippen LogP) is 3.18. The topological polar surface area (TPSA) is 73.2 Å². The van der Waals surface area contributed by atoms with Crippen molar-refractivity contribution in [2.45, 2.75) is 24.8 Å². The van der Waals surface area contributed by atoms with E-state index in [1.54, 1.807) is 10.4 Å². The molecule has 2 atom stereocenters. The number of nitrogens with one attached hydrogen (secondary N) is 1. The average molecular weight is 382 g/mol. The fourth-order valence-corrected chi connectivity index (χ4v) is 5.69. The zero-order chi connectivity index (χ0) is 18.9. The summed E-state index contributed by atoms with van der Waals surface area (Å²) in [5.41, 5.74) is 2.45. The van der Waals surface area contributed by atoms with Crippen molar-refractivity contribution in [1.82, 2.24) is 4.31 Å². The Bertz CT molecular complexity index is 949. The summed E-state index contributed by atoms with van der Waals surface area (Å²) in [5, 5.41) is 12.8. The second-order valence-electron chi connectivity index (χ2n) is 7.46. The van der Waals surface area contributed by atoms with Gasteiger partial charge in [0.2, 0.25) is 10.0 Å². The van der Waals surface area contributed by atoms with Gasteiger partial charge in [-0.1, -0.05) is 42.5 Å². The van der Waals surface area contributed by atoms with Gasteiger partial charge in [-0.15, -0.1) is 0 Å². The summed E-state index contributed by atoms with van der Waals surface area (Å²) in [6.45, 7) is 0.903. The molecule has 4 rings (SSSR count). The molecule has 1 saturated carbocycles. The van der Waals surface area contributed by atoms with E-state index >= 15 is 0 Å². The van der Waals surface area contributed by atoms with Crippen LogP contribution in [-0.4, -0.2) is 37.6 Å². The fourth-order valence-electron chi connectivity index (χ4n) is 3.77. The number of nitriles is 1. The zero-order valence-corrected chi connectivity index (χ0v) is 15.9. The molecule has 1 aliphatic carbocycles. The van der Waals surface area contributed by atoms with Gasteiger partial charge in [-0.2, -0.15) is 9.57 Å². The van der Waals surface area contributed by atoms with Crippen LogP contribution in [0.2, 0.25) is 0 Å². The van der Waals surface area contributed by atoms with E-state index < -0.39 is 10.0 Å². The third-order valence-corrected chi connectivity index (χ3v) is 7.42. The molecule has 27 heavy (non-hydrogen) atoms. The number of anilines is 1. The second kappa shape index (κ2) is 7.34. The molecule has 2 aliphatic rings. The summed E-state index contributed by atoms with van der Waals surface area (Å²) in [7, 11) is -3.25. The first-order valence-electron chi connectivity index (χ1n) is 9.35. The maximum Gasteiger partial charge on any atom is 0.214 e. The lowest BCUT2D eigenvalue weighted by molar-refractivity contribution is 0.469. The van der Waals surface area contributed by atoms with Gasteiger partial charge in [0.25, 0.3) is 0 Å². The van der Waals surface area contributed by atoms with Gasteiger partial charge in [0.05, 0.1) is 17.0 Å². The highest BCUT2D eigenvalue weighted by Crippen LogP contribution is 2.35. The van der Waals surface area contributed by atoms with Crippen molar-refractivity contribution in [1.29, 1.82) is 5.26 Å². The average Bonchev–Trinajstić information content (AvgIpc) is 3.37. The summed E-state index contributed by atoms with van der Waals surface area (Å²) >= 11 is 0. The minimum atomic E-state index is -3.25. The number of benzene rings is 2. The van der Waals surface area contributed by atoms with Crippen molar-refractivity contribution in [2.24, 2.45) is 5.92 Å². The Labute approximate surface area is 160 Å². The van der Waals surface area contributed by atoms with Crippen LogP contribution in [0.1, 0.15) is 29.9 Å². The molecule has 0 spiro atoms. The van der Waals surface area contributed by atoms with E-state index in [-0.39, 0.29) is 17.7 Å². The lowest BCUT2D eigenvalue weighted by atomic mass is 9.94. The molecule has 1 N–H and O–H groups in total. The number of rotatable bonds is 6. The Morgan fingerprint density at radius 3 is 2.44 bits per heavy atom. The summed E-state index contributed by atoms with van der Waals surface area (Å²) in [5.74, 6) is 0.638. The molecule has 0 radical (unpaired) electrons. The quantitative estimate of drug-likeness (QED) is 0.834. The normalized spacial score (nSPS) is 23.1. The van der Waals surface area contributed by atoms with Gasteiger partial charge in [-0.05, 0) is 36.5 Å². The Hall–Kier alpha value is -2.36. The molecule has 0 aromatic heterocycles. The smallest absolute Gasteiger partial charge is 0.214 e. The van der Waals surface area contributed by atoms with Crippen LogP contribution in [0, 0.1) is 17.2 Å². The third kappa shape index (κ3) is 4.00. The maximum atomic E-state index is 12.8. The Kier molecular flexibility index (Phi) is 4.90. The van der Waals surface area contributed by atoms with Crippen molar-refractivity contribution in [2.75, 3.05) is 24.2 Å². The van der Waals surface area contributed by atoms with Crippen molar-refractivity contribution in [3.05, 3.63) is 65.7 Å². The van der Waals surface area contributed by atoms with Crippen LogP contribution in [-0.2, 0) is 10.0 Å². The van der Waals surface area contributed by atoms with Gasteiger partial charge < -0.3 is 5.32 Å². The summed E-state index contributed by atoms with van der Waals surface area (Å²) in [6, 6.07) is 19.5. The molecule has 1 aliphatic heterocycles. The van der Waals surface area contributed by atoms with Crippen LogP contribution < -0.4 is 5.32 Å². The van der Waals surface area contributed by atoms with Crippen molar-refractivity contribution in [3.8, 4) is 6.07 Å². The van der Waals surface area contributed by atoms with E-state index in [0.29, 0.717) is 24.6 Å². The molecule has 1 heterocycles. The van der Waals surface area contributed by atoms with E-state index in [0.717, 1.165) is 24.1 Å². The maximum absolute atomic E-state index is 12.8. The lowest BCUT2D eigenvalue weighted by Crippen LogP contribution is -2.34. The molecule has 2 aromatic carbocycles. The molecular weight excluding hydrogens is 358 g/mol. The van der Waals surface area contributed by atoms with Crippen LogP contribution >= 0.6 is 0 Å². The van der Waals surface area contributed by atoms with Gasteiger partial charge in [0.1, 0.15) is 6.07 Å². The Morgan fingerprint density at radius 1 is 1.04 bits per heavy atom. The molecule has 1 saturated heterocycles. The minimum absolute atomic E-state index is 0.0481. The molecule has 0 amide bonds. The SMILES string of the molecule is N#Cc1ccccc1N[C@H]1CN(S(=O)(=O)CC2CC2)C[C@@H]1c1ccccc1. The van der Waals surface area contributed by atoms with Crippen molar-refractivity contribution in [3.63, 3.8) is 0 Å². The zero-order valence-electron chi connectivity index (χ0n) is 15.1. The number of hydrogen-bond donors (Lipinski definition) is 1. The summed E-state index contributed by atoms with van der Waals surface area (Å²) in [6.07, 6.45) is 2.04. The first-order chi connectivity index (χ1) is 13.1. The molecule has 2 fully saturated rings. The highest BCUT2D eigenvalue weighted by molar-refractivity contribution is 7.89. The number of nitrogens with zero attached hydrogens (tertiary/aromatic N) is 2. The fraction of sp³-hybridized carbons (Fsp3) is 0.381. The first kappa shape index (κ1) is 18.0. The van der Waals surface area contributed by atoms with Crippen LogP contribution in [0.3, 0.4) is 0 Å². The van der Waals surface area contributed by atoms with Crippen molar-refractivity contribution < 1.29 is 8.42 Å². The molecule has 0 bridgehead atoms. The second-order valence-corrected chi connectivity index (χ2v) is 9.48. The minimum Gasteiger partial charge on any atom is -0.379 e.